The van der Waals surface area contributed by atoms with Gasteiger partial charge in [-0.3, -0.25) is 0 Å². The topological polar surface area (TPSA) is 0 Å². The molecule has 4 rings (SSSR count). The van der Waals surface area contributed by atoms with Gasteiger partial charge in [-0.05, 0) is 0 Å². The number of fused-ring (bicyclic) bond motifs is 2. The van der Waals surface area contributed by atoms with Crippen LogP contribution in [-0.2, 0) is 23.2 Å². The summed E-state index contributed by atoms with van der Waals surface area (Å²) in [6.45, 7) is 0. The summed E-state index contributed by atoms with van der Waals surface area (Å²) >= 11 is -0.542. The molecule has 0 radical (unpaired) electrons. The molecule has 0 amide bonds. The van der Waals surface area contributed by atoms with E-state index in [1.807, 2.05) is 0 Å². The Balaban J connectivity index is 0.000000807. The molecule has 0 heterocycles. The molecule has 0 fully saturated rings. The van der Waals surface area contributed by atoms with E-state index in [4.69, 9.17) is 0 Å². The molecule has 0 saturated heterocycles. The van der Waals surface area contributed by atoms with Gasteiger partial charge in [-0.25, -0.2) is 0 Å². The van der Waals surface area contributed by atoms with Gasteiger partial charge >= 0.3 is 126 Å². The van der Waals surface area contributed by atoms with E-state index in [0.717, 1.165) is 7.25 Å². The zero-order chi connectivity index (χ0) is 12.7. The van der Waals surface area contributed by atoms with Gasteiger partial charge in [-0.15, -0.1) is 12.4 Å². The van der Waals surface area contributed by atoms with Crippen LogP contribution in [0.2, 0.25) is 0 Å². The fourth-order valence-electron chi connectivity index (χ4n) is 2.98. The quantitative estimate of drug-likeness (QED) is 0.697. The van der Waals surface area contributed by atoms with Crippen LogP contribution in [0.5, 0.6) is 0 Å². The minimum atomic E-state index is -0.542. The van der Waals surface area contributed by atoms with Gasteiger partial charge < -0.3 is 1.43 Å². The summed E-state index contributed by atoms with van der Waals surface area (Å²) in [5, 5.41) is 0. The molecule has 0 aromatic heterocycles. The van der Waals surface area contributed by atoms with Crippen molar-refractivity contribution in [1.29, 1.82) is 0 Å². The number of benzene rings is 2. The second kappa shape index (κ2) is 5.84. The van der Waals surface area contributed by atoms with Crippen LogP contribution in [0.4, 0.5) is 0 Å². The molecule has 2 aromatic rings. The fourth-order valence-corrected chi connectivity index (χ4v) is 7.13. The minimum Gasteiger partial charge on any atom is -1.00 e. The molecule has 0 nitrogen and oxygen atoms in total. The molecule has 0 bridgehead atoms. The molecule has 0 N–H and O–H groups in total. The maximum absolute atomic E-state index is 2.44. The standard InChI is InChI=1S/2C9H7.ClH.Zr.H/c2*1-2-5-9-7-3-6-8(9)4-1;;;/h2*1-7H;1H;;/q;;;;-1. The van der Waals surface area contributed by atoms with E-state index < -0.39 is 23.2 Å². The molecule has 2 unspecified atom stereocenters. The van der Waals surface area contributed by atoms with E-state index in [2.05, 4.69) is 72.8 Å². The van der Waals surface area contributed by atoms with Gasteiger partial charge in [0.2, 0.25) is 0 Å². The average Bonchev–Trinajstić information content (AvgIpc) is 3.05. The summed E-state index contributed by atoms with van der Waals surface area (Å²) in [7, 11) is 0. The second-order valence-electron chi connectivity index (χ2n) is 5.10. The first-order valence-corrected chi connectivity index (χ1v) is 9.56. The maximum Gasteiger partial charge on any atom is -0.147 e. The van der Waals surface area contributed by atoms with Gasteiger partial charge in [0.1, 0.15) is 0 Å². The third kappa shape index (κ3) is 2.38. The molecular formula is C18H16ClZr-. The van der Waals surface area contributed by atoms with Gasteiger partial charge in [0.05, 0.1) is 0 Å². The van der Waals surface area contributed by atoms with E-state index in [-0.39, 0.29) is 13.8 Å². The van der Waals surface area contributed by atoms with Crippen LogP contribution >= 0.6 is 12.4 Å². The van der Waals surface area contributed by atoms with E-state index in [1.54, 1.807) is 11.1 Å². The summed E-state index contributed by atoms with van der Waals surface area (Å²) < 4.78 is 1.47. The Hall–Kier alpha value is -0.907. The van der Waals surface area contributed by atoms with E-state index in [1.165, 1.54) is 11.1 Å². The first-order valence-electron chi connectivity index (χ1n) is 6.72. The van der Waals surface area contributed by atoms with Crippen molar-refractivity contribution < 1.29 is 24.7 Å². The van der Waals surface area contributed by atoms with E-state index in [9.17, 15) is 0 Å². The third-order valence-electron chi connectivity index (χ3n) is 3.96. The summed E-state index contributed by atoms with van der Waals surface area (Å²) in [5.41, 5.74) is 5.99. The maximum atomic E-state index is 2.44. The van der Waals surface area contributed by atoms with Gasteiger partial charge in [0.15, 0.2) is 0 Å². The molecule has 0 aliphatic heterocycles. The summed E-state index contributed by atoms with van der Waals surface area (Å²) in [6.07, 6.45) is 9.49. The first kappa shape index (κ1) is 14.0. The summed E-state index contributed by atoms with van der Waals surface area (Å²) in [4.78, 5) is 0. The molecule has 2 atom stereocenters. The molecule has 2 aliphatic rings. The van der Waals surface area contributed by atoms with Crippen molar-refractivity contribution in [2.24, 2.45) is 0 Å². The van der Waals surface area contributed by atoms with Gasteiger partial charge in [0, 0.05) is 0 Å². The van der Waals surface area contributed by atoms with E-state index >= 15 is 0 Å². The summed E-state index contributed by atoms with van der Waals surface area (Å²) in [6, 6.07) is 17.7. The number of allylic oxidation sites excluding steroid dienone is 2. The zero-order valence-electron chi connectivity index (χ0n) is 12.0. The average molecular weight is 359 g/mol. The van der Waals surface area contributed by atoms with Gasteiger partial charge in [-0.1, -0.05) is 0 Å². The van der Waals surface area contributed by atoms with Crippen molar-refractivity contribution in [3.8, 4) is 0 Å². The van der Waals surface area contributed by atoms with Crippen LogP contribution in [-0.4, -0.2) is 0 Å². The van der Waals surface area contributed by atoms with E-state index in [0.29, 0.717) is 0 Å². The molecule has 20 heavy (non-hydrogen) atoms. The first-order chi connectivity index (χ1) is 9.42. The Bertz CT molecular complexity index is 634. The molecule has 2 aromatic carbocycles. The molecule has 0 spiro atoms. The minimum absolute atomic E-state index is 0. The Morgan fingerprint density at radius 1 is 0.700 bits per heavy atom. The van der Waals surface area contributed by atoms with Crippen molar-refractivity contribution in [2.45, 2.75) is 7.25 Å². The van der Waals surface area contributed by atoms with Crippen molar-refractivity contribution in [1.82, 2.24) is 0 Å². The Morgan fingerprint density at radius 3 is 1.65 bits per heavy atom. The van der Waals surface area contributed by atoms with Crippen LogP contribution in [0.1, 0.15) is 30.9 Å². The second-order valence-corrected chi connectivity index (χ2v) is 8.98. The summed E-state index contributed by atoms with van der Waals surface area (Å²) in [5.74, 6) is 0. The molecule has 2 aliphatic carbocycles. The monoisotopic (exact) mass is 357 g/mol. The number of hydrogen-bond donors (Lipinski definition) is 0. The molecule has 100 valence electrons. The van der Waals surface area contributed by atoms with Crippen LogP contribution in [0.25, 0.3) is 12.2 Å². The van der Waals surface area contributed by atoms with Gasteiger partial charge in [0.25, 0.3) is 0 Å². The van der Waals surface area contributed by atoms with Crippen LogP contribution in [0.15, 0.2) is 60.7 Å². The predicted molar refractivity (Wildman–Crippen MR) is 84.8 cm³/mol. The third-order valence-corrected chi connectivity index (χ3v) is 8.20. The number of rotatable bonds is 2. The smallest absolute Gasteiger partial charge is 0.147 e. The van der Waals surface area contributed by atoms with Crippen molar-refractivity contribution in [3.05, 3.63) is 82.9 Å². The molecular weight excluding hydrogens is 343 g/mol. The van der Waals surface area contributed by atoms with Crippen LogP contribution < -0.4 is 0 Å². The van der Waals surface area contributed by atoms with Gasteiger partial charge in [-0.2, -0.15) is 0 Å². The largest absolute Gasteiger partial charge is 1.00 e. The van der Waals surface area contributed by atoms with Crippen LogP contribution in [0, 0.1) is 0 Å². The molecule has 2 heteroatoms. The zero-order valence-corrected chi connectivity index (χ0v) is 14.3. The molecule has 0 saturated carbocycles. The number of hydrogen-bond acceptors (Lipinski definition) is 0. The SMILES string of the molecule is C1=C[CH]([Zr][CH]2C=Cc3ccccc32)c2ccccc21.Cl.[H-]. The van der Waals surface area contributed by atoms with Crippen molar-refractivity contribution in [3.63, 3.8) is 0 Å². The Kier molecular flexibility index (Phi) is 4.10. The van der Waals surface area contributed by atoms with Crippen LogP contribution in [0.3, 0.4) is 0 Å². The number of halogens is 1. The fraction of sp³-hybridized carbons (Fsp3) is 0.111. The van der Waals surface area contributed by atoms with Crippen molar-refractivity contribution in [2.75, 3.05) is 0 Å². The predicted octanol–water partition coefficient (Wildman–Crippen LogP) is 5.14. The Labute approximate surface area is 139 Å². The Morgan fingerprint density at radius 2 is 1.15 bits per heavy atom. The van der Waals surface area contributed by atoms with Crippen molar-refractivity contribution >= 4 is 24.6 Å². The normalized spacial score (nSPS) is 21.2.